The maximum atomic E-state index is 13.4. The van der Waals surface area contributed by atoms with Crippen molar-refractivity contribution in [2.24, 2.45) is 7.05 Å². The predicted molar refractivity (Wildman–Crippen MR) is 130 cm³/mol. The largest absolute Gasteiger partial charge is 0.340 e. The monoisotopic (exact) mass is 471 g/mol. The topological polar surface area (TPSA) is 82.7 Å². The number of nitrogens with zero attached hydrogens (tertiary/aromatic N) is 5. The fourth-order valence-corrected chi connectivity index (χ4v) is 5.57. The van der Waals surface area contributed by atoms with Crippen LogP contribution in [0.2, 0.25) is 0 Å². The molecule has 0 fully saturated rings. The van der Waals surface area contributed by atoms with E-state index in [1.54, 1.807) is 41.2 Å². The quantitative estimate of drug-likeness (QED) is 0.338. The Morgan fingerprint density at radius 2 is 1.65 bits per heavy atom. The summed E-state index contributed by atoms with van der Waals surface area (Å²) < 4.78 is 30.5. The molecule has 2 heterocycles. The van der Waals surface area contributed by atoms with Crippen LogP contribution in [-0.4, -0.2) is 32.7 Å². The van der Waals surface area contributed by atoms with E-state index in [1.165, 1.54) is 0 Å². The van der Waals surface area contributed by atoms with Gasteiger partial charge in [0.15, 0.2) is 0 Å². The SMILES string of the molecule is Cn1cnc(CCCn2c(Cc3cccc4ccccc34)nnc2S(=O)(=O)c2ccccc2)c1. The molecule has 8 heteroatoms. The molecule has 5 rings (SSSR count). The molecule has 0 aliphatic rings. The minimum atomic E-state index is -3.80. The number of rotatable bonds is 8. The smallest absolute Gasteiger partial charge is 0.254 e. The Labute approximate surface area is 198 Å². The highest BCUT2D eigenvalue weighted by Gasteiger charge is 2.26. The van der Waals surface area contributed by atoms with Gasteiger partial charge in [0.05, 0.1) is 16.9 Å². The molecule has 0 bridgehead atoms. The molecule has 0 aliphatic heterocycles. The van der Waals surface area contributed by atoms with Crippen molar-refractivity contribution in [2.45, 2.75) is 35.9 Å². The number of sulfone groups is 1. The van der Waals surface area contributed by atoms with Crippen LogP contribution in [-0.2, 0) is 36.3 Å². The van der Waals surface area contributed by atoms with Crippen molar-refractivity contribution in [1.29, 1.82) is 0 Å². The maximum Gasteiger partial charge on any atom is 0.254 e. The van der Waals surface area contributed by atoms with Crippen LogP contribution in [0.3, 0.4) is 0 Å². The summed E-state index contributed by atoms with van der Waals surface area (Å²) in [5, 5.41) is 10.8. The summed E-state index contributed by atoms with van der Waals surface area (Å²) in [7, 11) is -1.87. The van der Waals surface area contributed by atoms with Crippen molar-refractivity contribution in [3.63, 3.8) is 0 Å². The highest BCUT2D eigenvalue weighted by molar-refractivity contribution is 7.91. The maximum absolute atomic E-state index is 13.4. The van der Waals surface area contributed by atoms with Gasteiger partial charge in [-0.15, -0.1) is 10.2 Å². The third-order valence-corrected chi connectivity index (χ3v) is 7.56. The zero-order valence-corrected chi connectivity index (χ0v) is 19.7. The molecule has 2 aromatic heterocycles. The summed E-state index contributed by atoms with van der Waals surface area (Å²) in [4.78, 5) is 4.59. The van der Waals surface area contributed by atoms with Crippen LogP contribution in [0, 0.1) is 0 Å². The Kier molecular flexibility index (Phi) is 5.98. The molecule has 0 saturated carbocycles. The summed E-state index contributed by atoms with van der Waals surface area (Å²) in [5.41, 5.74) is 2.05. The van der Waals surface area contributed by atoms with E-state index >= 15 is 0 Å². The van der Waals surface area contributed by atoms with Crippen LogP contribution < -0.4 is 0 Å². The molecule has 3 aromatic carbocycles. The predicted octanol–water partition coefficient (Wildman–Crippen LogP) is 4.22. The van der Waals surface area contributed by atoms with E-state index in [-0.39, 0.29) is 10.1 Å². The third-order valence-electron chi connectivity index (χ3n) is 5.89. The molecule has 0 radical (unpaired) electrons. The lowest BCUT2D eigenvalue weighted by molar-refractivity contribution is 0.538. The van der Waals surface area contributed by atoms with Crippen LogP contribution in [0.15, 0.2) is 95.4 Å². The molecular formula is C26H25N5O2S. The van der Waals surface area contributed by atoms with E-state index in [4.69, 9.17) is 0 Å². The van der Waals surface area contributed by atoms with Gasteiger partial charge in [0.1, 0.15) is 5.82 Å². The minimum Gasteiger partial charge on any atom is -0.340 e. The van der Waals surface area contributed by atoms with Gasteiger partial charge < -0.3 is 9.13 Å². The summed E-state index contributed by atoms with van der Waals surface area (Å²) in [6.45, 7) is 0.477. The molecule has 0 saturated heterocycles. The van der Waals surface area contributed by atoms with Gasteiger partial charge in [-0.25, -0.2) is 13.4 Å². The molecule has 172 valence electrons. The number of aryl methyl sites for hydroxylation is 2. The van der Waals surface area contributed by atoms with Crippen LogP contribution in [0.1, 0.15) is 23.5 Å². The lowest BCUT2D eigenvalue weighted by Crippen LogP contribution is -2.14. The van der Waals surface area contributed by atoms with E-state index in [2.05, 4.69) is 39.4 Å². The van der Waals surface area contributed by atoms with E-state index in [0.29, 0.717) is 18.8 Å². The molecule has 7 nitrogen and oxygen atoms in total. The van der Waals surface area contributed by atoms with Crippen molar-refractivity contribution in [3.05, 3.63) is 102 Å². The van der Waals surface area contributed by atoms with E-state index < -0.39 is 9.84 Å². The first kappa shape index (κ1) is 22.0. The third kappa shape index (κ3) is 4.36. The molecule has 0 atom stereocenters. The molecule has 0 spiro atoms. The molecule has 0 unspecified atom stereocenters. The lowest BCUT2D eigenvalue weighted by atomic mass is 10.0. The first-order chi connectivity index (χ1) is 16.5. The van der Waals surface area contributed by atoms with Gasteiger partial charge in [-0.05, 0) is 41.3 Å². The zero-order valence-electron chi connectivity index (χ0n) is 18.9. The fraction of sp³-hybridized carbons (Fsp3) is 0.192. The number of hydrogen-bond acceptors (Lipinski definition) is 5. The van der Waals surface area contributed by atoms with Crippen molar-refractivity contribution >= 4 is 20.6 Å². The van der Waals surface area contributed by atoms with Crippen molar-refractivity contribution in [1.82, 2.24) is 24.3 Å². The van der Waals surface area contributed by atoms with Crippen molar-refractivity contribution in [2.75, 3.05) is 0 Å². The highest BCUT2D eigenvalue weighted by atomic mass is 32.2. The minimum absolute atomic E-state index is 0.0186. The summed E-state index contributed by atoms with van der Waals surface area (Å²) in [6.07, 6.45) is 5.69. The second-order valence-electron chi connectivity index (χ2n) is 8.32. The Balaban J connectivity index is 1.52. The molecule has 0 amide bonds. The second-order valence-corrected chi connectivity index (χ2v) is 10.2. The number of imidazole rings is 1. The van der Waals surface area contributed by atoms with Crippen LogP contribution in [0.5, 0.6) is 0 Å². The van der Waals surface area contributed by atoms with Gasteiger partial charge in [0.2, 0.25) is 9.84 Å². The number of aromatic nitrogens is 5. The first-order valence-corrected chi connectivity index (χ1v) is 12.7. The van der Waals surface area contributed by atoms with Gasteiger partial charge in [-0.3, -0.25) is 0 Å². The zero-order chi connectivity index (χ0) is 23.5. The summed E-state index contributed by atoms with van der Waals surface area (Å²) in [6, 6.07) is 22.7. The second kappa shape index (κ2) is 9.23. The lowest BCUT2D eigenvalue weighted by Gasteiger charge is -2.12. The van der Waals surface area contributed by atoms with Gasteiger partial charge >= 0.3 is 0 Å². The van der Waals surface area contributed by atoms with Crippen molar-refractivity contribution in [3.8, 4) is 0 Å². The van der Waals surface area contributed by atoms with Gasteiger partial charge in [0, 0.05) is 26.2 Å². The van der Waals surface area contributed by atoms with Crippen LogP contribution >= 0.6 is 0 Å². The molecule has 34 heavy (non-hydrogen) atoms. The van der Waals surface area contributed by atoms with Gasteiger partial charge in [-0.1, -0.05) is 60.7 Å². The van der Waals surface area contributed by atoms with Crippen molar-refractivity contribution < 1.29 is 8.42 Å². The highest BCUT2D eigenvalue weighted by Crippen LogP contribution is 2.24. The summed E-state index contributed by atoms with van der Waals surface area (Å²) in [5.74, 6) is 0.631. The van der Waals surface area contributed by atoms with Crippen LogP contribution in [0.4, 0.5) is 0 Å². The van der Waals surface area contributed by atoms with Gasteiger partial charge in [-0.2, -0.15) is 0 Å². The number of benzene rings is 3. The molecule has 0 aliphatic carbocycles. The Hall–Kier alpha value is -3.78. The average Bonchev–Trinajstić information content (AvgIpc) is 3.46. The van der Waals surface area contributed by atoms with Gasteiger partial charge in [0.25, 0.3) is 5.16 Å². The Bertz CT molecular complexity index is 1530. The Morgan fingerprint density at radius 1 is 0.882 bits per heavy atom. The average molecular weight is 472 g/mol. The molecule has 5 aromatic rings. The Morgan fingerprint density at radius 3 is 2.44 bits per heavy atom. The van der Waals surface area contributed by atoms with E-state index in [9.17, 15) is 8.42 Å². The number of fused-ring (bicyclic) bond motifs is 1. The fourth-order valence-electron chi connectivity index (χ4n) is 4.21. The first-order valence-electron chi connectivity index (χ1n) is 11.2. The molecular weight excluding hydrogens is 446 g/mol. The van der Waals surface area contributed by atoms with Crippen LogP contribution in [0.25, 0.3) is 10.8 Å². The molecule has 0 N–H and O–H groups in total. The number of hydrogen-bond donors (Lipinski definition) is 0. The normalized spacial score (nSPS) is 11.8. The van der Waals surface area contributed by atoms with E-state index in [1.807, 2.05) is 36.0 Å². The summed E-state index contributed by atoms with van der Waals surface area (Å²) >= 11 is 0. The standard InChI is InChI=1S/C26H25N5O2S/c1-30-18-22(27-19-30)12-8-16-31-25(17-21-11-7-10-20-9-5-6-15-24(20)21)28-29-26(31)34(32,33)23-13-3-2-4-14-23/h2-7,9-11,13-15,18-19H,8,12,16-17H2,1H3. The van der Waals surface area contributed by atoms with E-state index in [0.717, 1.165) is 34.9 Å².